The second-order valence-corrected chi connectivity index (χ2v) is 2.27. The summed E-state index contributed by atoms with van der Waals surface area (Å²) in [4.78, 5) is 14.7. The molecule has 0 saturated heterocycles. The maximum atomic E-state index is 10.8. The summed E-state index contributed by atoms with van der Waals surface area (Å²) in [7, 11) is 0. The second-order valence-electron chi connectivity index (χ2n) is 2.27. The van der Waals surface area contributed by atoms with Gasteiger partial charge in [0.15, 0.2) is 5.78 Å². The molecule has 0 aromatic carbocycles. The van der Waals surface area contributed by atoms with Crippen LogP contribution in [0.25, 0.3) is 5.57 Å². The van der Waals surface area contributed by atoms with Crippen molar-refractivity contribution in [1.82, 2.24) is 4.98 Å². The smallest absolute Gasteiger partial charge is 0.159 e. The highest BCUT2D eigenvalue weighted by Gasteiger charge is 2.01. The first-order valence-electron chi connectivity index (χ1n) is 3.32. The maximum absolute atomic E-state index is 10.8. The van der Waals surface area contributed by atoms with E-state index in [1.165, 1.54) is 6.92 Å². The number of Topliss-reactive ketones (excluding diaryl/α,β-unsaturated/α-hetero) is 1. The van der Waals surface area contributed by atoms with Gasteiger partial charge in [0.05, 0.1) is 0 Å². The van der Waals surface area contributed by atoms with Crippen molar-refractivity contribution in [2.75, 3.05) is 0 Å². The average Bonchev–Trinajstić information content (AvgIpc) is 2.05. The van der Waals surface area contributed by atoms with Crippen LogP contribution in [-0.4, -0.2) is 10.8 Å². The first-order chi connectivity index (χ1) is 5.22. The summed E-state index contributed by atoms with van der Waals surface area (Å²) in [6.45, 7) is 5.15. The number of nitrogens with zero attached hydrogens (tertiary/aromatic N) is 1. The lowest BCUT2D eigenvalue weighted by Crippen LogP contribution is -1.93. The van der Waals surface area contributed by atoms with E-state index in [1.54, 1.807) is 24.5 Å². The molecule has 0 fully saturated rings. The Labute approximate surface area is 65.6 Å². The van der Waals surface area contributed by atoms with Gasteiger partial charge in [-0.3, -0.25) is 9.78 Å². The highest BCUT2D eigenvalue weighted by molar-refractivity contribution is 6.18. The first kappa shape index (κ1) is 7.66. The van der Waals surface area contributed by atoms with Crippen molar-refractivity contribution in [2.45, 2.75) is 6.92 Å². The fourth-order valence-electron chi connectivity index (χ4n) is 0.756. The summed E-state index contributed by atoms with van der Waals surface area (Å²) >= 11 is 0. The number of hydrogen-bond donors (Lipinski definition) is 0. The van der Waals surface area contributed by atoms with Gasteiger partial charge < -0.3 is 0 Å². The van der Waals surface area contributed by atoms with Crippen molar-refractivity contribution in [3.05, 3.63) is 36.7 Å². The molecule has 0 atom stereocenters. The van der Waals surface area contributed by atoms with Crippen LogP contribution in [0.5, 0.6) is 0 Å². The molecule has 0 saturated carbocycles. The normalized spacial score (nSPS) is 9.18. The number of hydrogen-bond acceptors (Lipinski definition) is 2. The highest BCUT2D eigenvalue weighted by Crippen LogP contribution is 2.10. The molecule has 0 radical (unpaired) electrons. The molecule has 2 heteroatoms. The molecule has 2 nitrogen and oxygen atoms in total. The van der Waals surface area contributed by atoms with Gasteiger partial charge in [0.25, 0.3) is 0 Å². The number of allylic oxidation sites excluding steroid dienone is 1. The zero-order chi connectivity index (χ0) is 8.27. The molecule has 1 rings (SSSR count). The predicted molar refractivity (Wildman–Crippen MR) is 44.0 cm³/mol. The Morgan fingerprint density at radius 3 is 2.45 bits per heavy atom. The molecule has 56 valence electrons. The summed E-state index contributed by atoms with van der Waals surface area (Å²) in [5, 5.41) is 0. The van der Waals surface area contributed by atoms with Crippen LogP contribution in [-0.2, 0) is 4.79 Å². The van der Waals surface area contributed by atoms with Crippen molar-refractivity contribution < 1.29 is 4.79 Å². The number of pyridine rings is 1. The van der Waals surface area contributed by atoms with Gasteiger partial charge in [0.2, 0.25) is 0 Å². The lowest BCUT2D eigenvalue weighted by molar-refractivity contribution is -0.111. The van der Waals surface area contributed by atoms with E-state index in [9.17, 15) is 4.79 Å². The van der Waals surface area contributed by atoms with Crippen molar-refractivity contribution in [2.24, 2.45) is 0 Å². The molecule has 1 heterocycles. The molecule has 0 aliphatic heterocycles. The molecular weight excluding hydrogens is 138 g/mol. The topological polar surface area (TPSA) is 30.0 Å². The Hall–Kier alpha value is -1.44. The van der Waals surface area contributed by atoms with Gasteiger partial charge >= 0.3 is 0 Å². The van der Waals surface area contributed by atoms with E-state index in [-0.39, 0.29) is 5.78 Å². The molecular formula is C9H9NO. The number of ketones is 1. The molecule has 0 unspecified atom stereocenters. The number of carbonyl (C=O) groups is 1. The molecule has 11 heavy (non-hydrogen) atoms. The van der Waals surface area contributed by atoms with Crippen LogP contribution >= 0.6 is 0 Å². The SMILES string of the molecule is C=C(C(C)=O)c1ccncc1. The standard InChI is InChI=1S/C9H9NO/c1-7(8(2)11)9-3-5-10-6-4-9/h3-6H,1H2,2H3. The largest absolute Gasteiger partial charge is 0.295 e. The third kappa shape index (κ3) is 1.74. The quantitative estimate of drug-likeness (QED) is 0.596. The molecule has 1 aromatic rings. The van der Waals surface area contributed by atoms with Crippen LogP contribution < -0.4 is 0 Å². The third-order valence-corrected chi connectivity index (χ3v) is 1.45. The van der Waals surface area contributed by atoms with Gasteiger partial charge in [0, 0.05) is 18.0 Å². The van der Waals surface area contributed by atoms with E-state index in [0.29, 0.717) is 5.57 Å². The van der Waals surface area contributed by atoms with E-state index >= 15 is 0 Å². The maximum Gasteiger partial charge on any atom is 0.159 e. The zero-order valence-corrected chi connectivity index (χ0v) is 6.37. The van der Waals surface area contributed by atoms with Crippen LogP contribution in [0.15, 0.2) is 31.1 Å². The van der Waals surface area contributed by atoms with E-state index < -0.39 is 0 Å². The fraction of sp³-hybridized carbons (Fsp3) is 0.111. The third-order valence-electron chi connectivity index (χ3n) is 1.45. The Kier molecular flexibility index (Phi) is 2.16. The minimum absolute atomic E-state index is 0.00352. The predicted octanol–water partition coefficient (Wildman–Crippen LogP) is 1.68. The monoisotopic (exact) mass is 147 g/mol. The molecule has 0 aliphatic rings. The average molecular weight is 147 g/mol. The lowest BCUT2D eigenvalue weighted by Gasteiger charge is -1.98. The molecule has 0 spiro atoms. The molecule has 1 aromatic heterocycles. The van der Waals surface area contributed by atoms with Gasteiger partial charge in [-0.2, -0.15) is 0 Å². The van der Waals surface area contributed by atoms with Crippen molar-refractivity contribution >= 4 is 11.4 Å². The Bertz CT molecular complexity index is 277. The van der Waals surface area contributed by atoms with E-state index in [4.69, 9.17) is 0 Å². The van der Waals surface area contributed by atoms with Crippen LogP contribution in [0, 0.1) is 0 Å². The van der Waals surface area contributed by atoms with Crippen molar-refractivity contribution in [1.29, 1.82) is 0 Å². The first-order valence-corrected chi connectivity index (χ1v) is 3.32. The van der Waals surface area contributed by atoms with Crippen molar-refractivity contribution in [3.63, 3.8) is 0 Å². The summed E-state index contributed by atoms with van der Waals surface area (Å²) < 4.78 is 0. The second kappa shape index (κ2) is 3.10. The Morgan fingerprint density at radius 1 is 1.45 bits per heavy atom. The summed E-state index contributed by atoms with van der Waals surface area (Å²) in [5.41, 5.74) is 1.37. The van der Waals surface area contributed by atoms with Gasteiger partial charge in [-0.05, 0) is 24.6 Å². The molecule has 0 bridgehead atoms. The summed E-state index contributed by atoms with van der Waals surface area (Å²) in [5.74, 6) is -0.00352. The van der Waals surface area contributed by atoms with Gasteiger partial charge in [-0.1, -0.05) is 6.58 Å². The van der Waals surface area contributed by atoms with E-state index in [0.717, 1.165) is 5.56 Å². The fourth-order valence-corrected chi connectivity index (χ4v) is 0.756. The van der Waals surface area contributed by atoms with Gasteiger partial charge in [-0.15, -0.1) is 0 Å². The van der Waals surface area contributed by atoms with Gasteiger partial charge in [-0.25, -0.2) is 0 Å². The highest BCUT2D eigenvalue weighted by atomic mass is 16.1. The van der Waals surface area contributed by atoms with Crippen molar-refractivity contribution in [3.8, 4) is 0 Å². The number of rotatable bonds is 2. The van der Waals surface area contributed by atoms with Crippen LogP contribution in [0.3, 0.4) is 0 Å². The minimum atomic E-state index is -0.00352. The molecule has 0 N–H and O–H groups in total. The van der Waals surface area contributed by atoms with Crippen LogP contribution in [0.1, 0.15) is 12.5 Å². The number of carbonyl (C=O) groups excluding carboxylic acids is 1. The van der Waals surface area contributed by atoms with E-state index in [1.807, 2.05) is 0 Å². The summed E-state index contributed by atoms with van der Waals surface area (Å²) in [6, 6.07) is 3.54. The van der Waals surface area contributed by atoms with Crippen LogP contribution in [0.2, 0.25) is 0 Å². The summed E-state index contributed by atoms with van der Waals surface area (Å²) in [6.07, 6.45) is 3.28. The van der Waals surface area contributed by atoms with Crippen LogP contribution in [0.4, 0.5) is 0 Å². The Balaban J connectivity index is 2.95. The minimum Gasteiger partial charge on any atom is -0.295 e. The van der Waals surface area contributed by atoms with Gasteiger partial charge in [0.1, 0.15) is 0 Å². The molecule has 0 amide bonds. The molecule has 0 aliphatic carbocycles. The Morgan fingerprint density at radius 2 is 2.00 bits per heavy atom. The lowest BCUT2D eigenvalue weighted by atomic mass is 10.1. The zero-order valence-electron chi connectivity index (χ0n) is 6.37. The van der Waals surface area contributed by atoms with E-state index in [2.05, 4.69) is 11.6 Å². The number of aromatic nitrogens is 1.